The molecule has 0 unspecified atom stereocenters. The summed E-state index contributed by atoms with van der Waals surface area (Å²) in [6.07, 6.45) is 1.76. The van der Waals surface area contributed by atoms with Crippen LogP contribution in [0.1, 0.15) is 6.92 Å². The van der Waals surface area contributed by atoms with Crippen molar-refractivity contribution in [2.45, 2.75) is 6.92 Å². The molecule has 0 bridgehead atoms. The molecule has 2 amide bonds. The van der Waals surface area contributed by atoms with Crippen molar-refractivity contribution in [3.63, 3.8) is 0 Å². The van der Waals surface area contributed by atoms with Crippen molar-refractivity contribution >= 4 is 60.8 Å². The molecule has 2 heterocycles. The number of amides is 2. The number of carbonyl (C=O) groups is 2. The average Bonchev–Trinajstić information content (AvgIpc) is 3.25. The van der Waals surface area contributed by atoms with Crippen molar-refractivity contribution < 1.29 is 9.59 Å². The Morgan fingerprint density at radius 2 is 2.00 bits per heavy atom. The fraction of sp³-hybridized carbons (Fsp3) is 0.111. The van der Waals surface area contributed by atoms with Crippen molar-refractivity contribution in [3.8, 4) is 0 Å². The zero-order chi connectivity index (χ0) is 18.8. The Bertz CT molecular complexity index is 1150. The van der Waals surface area contributed by atoms with Crippen LogP contribution in [0.25, 0.3) is 21.1 Å². The molecule has 0 fully saturated rings. The van der Waals surface area contributed by atoms with Crippen LogP contribution in [-0.2, 0) is 9.59 Å². The van der Waals surface area contributed by atoms with Crippen molar-refractivity contribution in [1.29, 1.82) is 0 Å². The van der Waals surface area contributed by atoms with Gasteiger partial charge in [-0.1, -0.05) is 17.4 Å². The molecule has 4 aromatic rings. The lowest BCUT2D eigenvalue weighted by molar-refractivity contribution is -0.115. The van der Waals surface area contributed by atoms with Gasteiger partial charge in [-0.3, -0.25) is 14.7 Å². The fourth-order valence-electron chi connectivity index (χ4n) is 2.71. The Balaban J connectivity index is 1.42. The van der Waals surface area contributed by atoms with Crippen LogP contribution in [0.15, 0.2) is 42.6 Å². The van der Waals surface area contributed by atoms with E-state index in [1.165, 1.54) is 18.3 Å². The molecular formula is C18H16N6O2S. The minimum atomic E-state index is -0.206. The number of benzene rings is 2. The predicted molar refractivity (Wildman–Crippen MR) is 107 cm³/mol. The van der Waals surface area contributed by atoms with Gasteiger partial charge in [0.2, 0.25) is 11.8 Å². The summed E-state index contributed by atoms with van der Waals surface area (Å²) in [5, 5.41) is 17.0. The number of hydrogen-bond acceptors (Lipinski definition) is 6. The van der Waals surface area contributed by atoms with E-state index in [1.54, 1.807) is 24.4 Å². The highest BCUT2D eigenvalue weighted by molar-refractivity contribution is 7.23. The maximum Gasteiger partial charge on any atom is 0.245 e. The highest BCUT2D eigenvalue weighted by Crippen LogP contribution is 2.31. The monoisotopic (exact) mass is 380 g/mol. The second-order valence-corrected chi connectivity index (χ2v) is 6.93. The molecule has 0 saturated carbocycles. The number of fused-ring (bicyclic) bond motifs is 3. The van der Waals surface area contributed by atoms with E-state index >= 15 is 0 Å². The van der Waals surface area contributed by atoms with Gasteiger partial charge in [0.25, 0.3) is 0 Å². The first-order valence-corrected chi connectivity index (χ1v) is 9.04. The van der Waals surface area contributed by atoms with Gasteiger partial charge >= 0.3 is 0 Å². The van der Waals surface area contributed by atoms with Gasteiger partial charge in [-0.15, -0.1) is 0 Å². The zero-order valence-electron chi connectivity index (χ0n) is 14.4. The number of carbonyl (C=O) groups excluding carboxylic acids is 2. The summed E-state index contributed by atoms with van der Waals surface area (Å²) in [4.78, 5) is 27.8. The van der Waals surface area contributed by atoms with Crippen LogP contribution in [0.5, 0.6) is 0 Å². The molecule has 2 aromatic carbocycles. The molecule has 0 aliphatic carbocycles. The maximum absolute atomic E-state index is 12.2. The lowest BCUT2D eigenvalue weighted by Gasteiger charge is -2.08. The number of thiazole rings is 1. The number of nitrogens with one attached hydrogen (secondary N) is 4. The van der Waals surface area contributed by atoms with E-state index in [2.05, 4.69) is 31.1 Å². The van der Waals surface area contributed by atoms with E-state index in [1.807, 2.05) is 18.2 Å². The summed E-state index contributed by atoms with van der Waals surface area (Å²) in [6.45, 7) is 1.53. The molecule has 2 aromatic heterocycles. The van der Waals surface area contributed by atoms with Crippen LogP contribution in [0.4, 0.5) is 16.5 Å². The second-order valence-electron chi connectivity index (χ2n) is 5.93. The third-order valence-electron chi connectivity index (χ3n) is 3.86. The van der Waals surface area contributed by atoms with Gasteiger partial charge in [-0.05, 0) is 30.3 Å². The molecule has 4 rings (SSSR count). The molecular weight excluding hydrogens is 364 g/mol. The lowest BCUT2D eigenvalue weighted by Crippen LogP contribution is -2.21. The largest absolute Gasteiger partial charge is 0.376 e. The van der Waals surface area contributed by atoms with E-state index < -0.39 is 0 Å². The van der Waals surface area contributed by atoms with Crippen molar-refractivity contribution in [2.75, 3.05) is 22.5 Å². The van der Waals surface area contributed by atoms with E-state index in [9.17, 15) is 9.59 Å². The highest BCUT2D eigenvalue weighted by atomic mass is 32.1. The number of nitrogens with zero attached hydrogens (tertiary/aromatic N) is 2. The summed E-state index contributed by atoms with van der Waals surface area (Å²) in [7, 11) is 0. The van der Waals surface area contributed by atoms with Crippen LogP contribution in [-0.4, -0.2) is 33.5 Å². The molecule has 0 atom stereocenters. The third kappa shape index (κ3) is 3.72. The first-order chi connectivity index (χ1) is 13.1. The molecule has 8 nitrogen and oxygen atoms in total. The fourth-order valence-corrected chi connectivity index (χ4v) is 3.71. The standard InChI is InChI=1S/C18H16N6O2S/c1-10(25)21-12-4-2-3-11(7-12)19-9-16(26)23-18-22-15-6-5-14-13(8-20-24-14)17(15)27-18/h2-8,19H,9H2,1H3,(H,20,24)(H,21,25)(H,22,23,26). The average molecular weight is 380 g/mol. The molecule has 9 heteroatoms. The Morgan fingerprint density at radius 3 is 2.85 bits per heavy atom. The van der Waals surface area contributed by atoms with Gasteiger partial charge in [0.15, 0.2) is 5.13 Å². The van der Waals surface area contributed by atoms with Gasteiger partial charge in [-0.25, -0.2) is 4.98 Å². The predicted octanol–water partition coefficient (Wildman–Crippen LogP) is 3.18. The Labute approximate surface area is 158 Å². The molecule has 0 radical (unpaired) electrons. The summed E-state index contributed by atoms with van der Waals surface area (Å²) >= 11 is 1.41. The van der Waals surface area contributed by atoms with Gasteiger partial charge in [0.1, 0.15) is 0 Å². The van der Waals surface area contributed by atoms with E-state index in [4.69, 9.17) is 0 Å². The van der Waals surface area contributed by atoms with Gasteiger partial charge < -0.3 is 16.0 Å². The maximum atomic E-state index is 12.2. The van der Waals surface area contributed by atoms with Crippen LogP contribution in [0, 0.1) is 0 Å². The quantitative estimate of drug-likeness (QED) is 0.425. The third-order valence-corrected chi connectivity index (χ3v) is 4.88. The van der Waals surface area contributed by atoms with Crippen LogP contribution in [0.3, 0.4) is 0 Å². The Morgan fingerprint density at radius 1 is 1.15 bits per heavy atom. The number of aromatic amines is 1. The SMILES string of the molecule is CC(=O)Nc1cccc(NCC(=O)Nc2nc3ccc4[nH]ncc4c3s2)c1. The Kier molecular flexibility index (Phi) is 4.43. The van der Waals surface area contributed by atoms with Crippen LogP contribution in [0.2, 0.25) is 0 Å². The molecule has 136 valence electrons. The normalized spacial score (nSPS) is 10.9. The van der Waals surface area contributed by atoms with Gasteiger partial charge in [0.05, 0.1) is 28.5 Å². The van der Waals surface area contributed by atoms with E-state index in [0.29, 0.717) is 10.8 Å². The Hall–Kier alpha value is -3.46. The number of aromatic nitrogens is 3. The first-order valence-electron chi connectivity index (χ1n) is 8.22. The molecule has 0 saturated heterocycles. The summed E-state index contributed by atoms with van der Waals surface area (Å²) in [5.41, 5.74) is 3.16. The van der Waals surface area contributed by atoms with Crippen molar-refractivity contribution in [3.05, 3.63) is 42.6 Å². The summed E-state index contributed by atoms with van der Waals surface area (Å²) < 4.78 is 0.979. The van der Waals surface area contributed by atoms with Crippen LogP contribution < -0.4 is 16.0 Å². The molecule has 0 aliphatic rings. The van der Waals surface area contributed by atoms with E-state index in [-0.39, 0.29) is 18.4 Å². The lowest BCUT2D eigenvalue weighted by atomic mass is 10.2. The zero-order valence-corrected chi connectivity index (χ0v) is 15.2. The summed E-state index contributed by atoms with van der Waals surface area (Å²) in [5.74, 6) is -0.352. The van der Waals surface area contributed by atoms with Crippen LogP contribution >= 0.6 is 11.3 Å². The molecule has 4 N–H and O–H groups in total. The first kappa shape index (κ1) is 17.0. The molecule has 0 aliphatic heterocycles. The number of hydrogen-bond donors (Lipinski definition) is 4. The topological polar surface area (TPSA) is 112 Å². The summed E-state index contributed by atoms with van der Waals surface area (Å²) in [6, 6.07) is 11.0. The number of anilines is 3. The molecule has 27 heavy (non-hydrogen) atoms. The molecule has 0 spiro atoms. The number of rotatable bonds is 5. The second kappa shape index (κ2) is 7.04. The number of H-pyrrole nitrogens is 1. The van der Waals surface area contributed by atoms with Crippen molar-refractivity contribution in [2.24, 2.45) is 0 Å². The highest BCUT2D eigenvalue weighted by Gasteiger charge is 2.11. The van der Waals surface area contributed by atoms with Gasteiger partial charge in [0, 0.05) is 23.7 Å². The van der Waals surface area contributed by atoms with Gasteiger partial charge in [-0.2, -0.15) is 5.10 Å². The van der Waals surface area contributed by atoms with E-state index in [0.717, 1.165) is 26.8 Å². The van der Waals surface area contributed by atoms with Crippen molar-refractivity contribution in [1.82, 2.24) is 15.2 Å². The minimum Gasteiger partial charge on any atom is -0.376 e. The smallest absolute Gasteiger partial charge is 0.245 e. The minimum absolute atomic E-state index is 0.0839.